The number of rotatable bonds is 34. The molecule has 9 nitrogen and oxygen atoms in total. The van der Waals surface area contributed by atoms with Gasteiger partial charge >= 0.3 is 11.9 Å². The zero-order valence-electron chi connectivity index (χ0n) is 32.3. The molecule has 0 fully saturated rings. The molecule has 0 radical (unpaired) electrons. The van der Waals surface area contributed by atoms with Gasteiger partial charge in [-0.1, -0.05) is 120 Å². The van der Waals surface area contributed by atoms with E-state index in [9.17, 15) is 19.0 Å². The van der Waals surface area contributed by atoms with Crippen LogP contribution < -0.4 is 4.89 Å². The van der Waals surface area contributed by atoms with Crippen LogP contribution in [0, 0.1) is 0 Å². The molecule has 2 unspecified atom stereocenters. The number of carbonyl (C=O) groups excluding carboxylic acids is 2. The van der Waals surface area contributed by atoms with Crippen molar-refractivity contribution in [3.8, 4) is 0 Å². The smallest absolute Gasteiger partial charge is 0.306 e. The molecule has 0 rings (SSSR count). The minimum Gasteiger partial charge on any atom is -0.756 e. The lowest BCUT2D eigenvalue weighted by molar-refractivity contribution is -0.870. The Labute approximate surface area is 305 Å². The number of hydrogen-bond acceptors (Lipinski definition) is 8. The van der Waals surface area contributed by atoms with Gasteiger partial charge in [-0.25, -0.2) is 0 Å². The number of unbranched alkanes of at least 4 members (excludes halogenated alkanes) is 14. The first kappa shape index (κ1) is 48.0. The number of phosphoric acid groups is 1. The molecule has 0 heterocycles. The highest BCUT2D eigenvalue weighted by Gasteiger charge is 2.21. The average Bonchev–Trinajstić information content (AvgIpc) is 3.06. The van der Waals surface area contributed by atoms with Crippen LogP contribution in [-0.4, -0.2) is 70.0 Å². The standard InChI is InChI=1S/C40H72NO8P/c1-6-8-10-12-14-16-18-20-22-24-26-28-30-32-39(42)46-36-38(37-48-50(44,45)47-35-34-41(3,4)5)49-40(43)33-31-29-27-25-23-21-19-17-15-13-11-9-7-2/h9,11,13,15,17,19-20,22,38H,6-8,10,12,14,16,18,21,23-37H2,1-5H3/b11-9+,15-13+,19-17+,22-20+. The van der Waals surface area contributed by atoms with Gasteiger partial charge in [0.05, 0.1) is 27.7 Å². The molecule has 0 aromatic carbocycles. The maximum atomic E-state index is 12.6. The maximum absolute atomic E-state index is 12.6. The number of hydrogen-bond donors (Lipinski definition) is 0. The number of carbonyl (C=O) groups is 2. The molecule has 0 aromatic rings. The van der Waals surface area contributed by atoms with E-state index in [-0.39, 0.29) is 26.1 Å². The molecule has 0 amide bonds. The fourth-order valence-corrected chi connectivity index (χ4v) is 5.55. The van der Waals surface area contributed by atoms with Crippen molar-refractivity contribution in [2.75, 3.05) is 47.5 Å². The van der Waals surface area contributed by atoms with Crippen LogP contribution >= 0.6 is 7.82 Å². The third kappa shape index (κ3) is 35.8. The van der Waals surface area contributed by atoms with Crippen molar-refractivity contribution in [3.63, 3.8) is 0 Å². The van der Waals surface area contributed by atoms with Gasteiger partial charge < -0.3 is 27.9 Å². The van der Waals surface area contributed by atoms with Crippen LogP contribution in [0.25, 0.3) is 0 Å². The van der Waals surface area contributed by atoms with Crippen LogP contribution in [0.4, 0.5) is 0 Å². The molecule has 0 spiro atoms. The van der Waals surface area contributed by atoms with E-state index in [0.29, 0.717) is 23.9 Å². The number of nitrogens with zero attached hydrogens (tertiary/aromatic N) is 1. The third-order valence-electron chi connectivity index (χ3n) is 7.89. The Bertz CT molecular complexity index is 1000. The van der Waals surface area contributed by atoms with Crippen LogP contribution in [-0.2, 0) is 32.7 Å². The summed E-state index contributed by atoms with van der Waals surface area (Å²) < 4.78 is 33.7. The second-order valence-electron chi connectivity index (χ2n) is 14.0. The van der Waals surface area contributed by atoms with Crippen molar-refractivity contribution >= 4 is 19.8 Å². The summed E-state index contributed by atoms with van der Waals surface area (Å²) in [6, 6.07) is 0. The largest absolute Gasteiger partial charge is 0.756 e. The molecular formula is C40H72NO8P. The van der Waals surface area contributed by atoms with E-state index in [1.165, 1.54) is 38.5 Å². The van der Waals surface area contributed by atoms with Crippen LogP contribution in [0.2, 0.25) is 0 Å². The quantitative estimate of drug-likeness (QED) is 0.0161. The fraction of sp³-hybridized carbons (Fsp3) is 0.750. The predicted octanol–water partition coefficient (Wildman–Crippen LogP) is 9.72. The molecule has 0 aliphatic carbocycles. The van der Waals surface area contributed by atoms with Gasteiger partial charge in [0.15, 0.2) is 6.10 Å². The van der Waals surface area contributed by atoms with E-state index in [2.05, 4.69) is 44.2 Å². The monoisotopic (exact) mass is 725 g/mol. The summed E-state index contributed by atoms with van der Waals surface area (Å²) in [6.07, 6.45) is 35.7. The Kier molecular flexibility index (Phi) is 31.5. The van der Waals surface area contributed by atoms with Gasteiger partial charge in [-0.15, -0.1) is 0 Å². The second-order valence-corrected chi connectivity index (χ2v) is 15.4. The van der Waals surface area contributed by atoms with E-state index in [4.69, 9.17) is 18.5 Å². The van der Waals surface area contributed by atoms with Gasteiger partial charge in [-0.2, -0.15) is 0 Å². The van der Waals surface area contributed by atoms with Crippen molar-refractivity contribution in [3.05, 3.63) is 48.6 Å². The number of ether oxygens (including phenoxy) is 2. The first-order valence-corrected chi connectivity index (χ1v) is 20.8. The minimum absolute atomic E-state index is 0.0391. The number of allylic oxidation sites excluding steroid dienone is 8. The molecule has 0 bridgehead atoms. The molecule has 290 valence electrons. The number of likely N-dealkylation sites (N-methyl/N-ethyl adjacent to an activating group) is 1. The van der Waals surface area contributed by atoms with Crippen molar-refractivity contribution in [1.29, 1.82) is 0 Å². The summed E-state index contributed by atoms with van der Waals surface area (Å²) >= 11 is 0. The molecule has 0 aliphatic heterocycles. The van der Waals surface area contributed by atoms with E-state index in [0.717, 1.165) is 64.2 Å². The van der Waals surface area contributed by atoms with Gasteiger partial charge in [-0.3, -0.25) is 14.2 Å². The molecule has 0 saturated carbocycles. The van der Waals surface area contributed by atoms with Gasteiger partial charge in [0.2, 0.25) is 0 Å². The first-order chi connectivity index (χ1) is 24.0. The van der Waals surface area contributed by atoms with Gasteiger partial charge in [0.25, 0.3) is 7.82 Å². The van der Waals surface area contributed by atoms with Crippen molar-refractivity contribution in [1.82, 2.24) is 0 Å². The van der Waals surface area contributed by atoms with E-state index in [1.807, 2.05) is 39.4 Å². The topological polar surface area (TPSA) is 111 Å². The van der Waals surface area contributed by atoms with E-state index >= 15 is 0 Å². The van der Waals surface area contributed by atoms with Crippen LogP contribution in [0.3, 0.4) is 0 Å². The minimum atomic E-state index is -4.63. The Morgan fingerprint density at radius 3 is 1.76 bits per heavy atom. The number of quaternary nitrogens is 1. The molecule has 50 heavy (non-hydrogen) atoms. The SMILES string of the molecule is CC/C=C/C=C/C=C/CCCCCCCC(=O)OC(COC(=O)CCCCC/C=C/CCCCCCCC)COP(=O)([O-])OCC[N+](C)(C)C. The Morgan fingerprint density at radius 2 is 1.16 bits per heavy atom. The lowest BCUT2D eigenvalue weighted by Gasteiger charge is -2.28. The molecular weight excluding hydrogens is 653 g/mol. The van der Waals surface area contributed by atoms with Crippen LogP contribution in [0.15, 0.2) is 48.6 Å². The van der Waals surface area contributed by atoms with E-state index < -0.39 is 32.5 Å². The summed E-state index contributed by atoms with van der Waals surface area (Å²) in [7, 11) is 1.13. The van der Waals surface area contributed by atoms with Crippen LogP contribution in [0.5, 0.6) is 0 Å². The lowest BCUT2D eigenvalue weighted by atomic mass is 10.1. The highest BCUT2D eigenvalue weighted by Crippen LogP contribution is 2.38. The molecule has 10 heteroatoms. The Balaban J connectivity index is 4.50. The number of esters is 2. The Morgan fingerprint density at radius 1 is 0.640 bits per heavy atom. The van der Waals surface area contributed by atoms with Gasteiger partial charge in [0.1, 0.15) is 19.8 Å². The summed E-state index contributed by atoms with van der Waals surface area (Å²) in [5.41, 5.74) is 0. The van der Waals surface area contributed by atoms with Crippen molar-refractivity contribution < 1.29 is 42.1 Å². The third-order valence-corrected chi connectivity index (χ3v) is 8.86. The average molecular weight is 726 g/mol. The summed E-state index contributed by atoms with van der Waals surface area (Å²) in [5, 5.41) is 0. The highest BCUT2D eigenvalue weighted by atomic mass is 31.2. The van der Waals surface area contributed by atoms with Gasteiger partial charge in [-0.05, 0) is 57.8 Å². The predicted molar refractivity (Wildman–Crippen MR) is 203 cm³/mol. The maximum Gasteiger partial charge on any atom is 0.306 e. The molecule has 2 atom stereocenters. The zero-order valence-corrected chi connectivity index (χ0v) is 33.2. The lowest BCUT2D eigenvalue weighted by Crippen LogP contribution is -2.37. The van der Waals surface area contributed by atoms with Crippen LogP contribution in [0.1, 0.15) is 142 Å². The molecule has 0 N–H and O–H groups in total. The summed E-state index contributed by atoms with van der Waals surface area (Å²) in [6.45, 7) is 4.01. The van der Waals surface area contributed by atoms with Crippen molar-refractivity contribution in [2.24, 2.45) is 0 Å². The number of phosphoric ester groups is 1. The summed E-state index contributed by atoms with van der Waals surface area (Å²) in [5.74, 6) is -0.883. The zero-order chi connectivity index (χ0) is 37.2. The summed E-state index contributed by atoms with van der Waals surface area (Å²) in [4.78, 5) is 37.3. The molecule has 0 saturated heterocycles. The van der Waals surface area contributed by atoms with E-state index in [1.54, 1.807) is 0 Å². The van der Waals surface area contributed by atoms with Gasteiger partial charge in [0, 0.05) is 12.8 Å². The Hall–Kier alpha value is -2.03. The highest BCUT2D eigenvalue weighted by molar-refractivity contribution is 7.45. The first-order valence-electron chi connectivity index (χ1n) is 19.4. The fourth-order valence-electron chi connectivity index (χ4n) is 4.82. The second kappa shape index (κ2) is 32.8. The normalized spacial score (nSPS) is 14.3. The molecule has 0 aliphatic rings. The molecule has 0 aromatic heterocycles. The van der Waals surface area contributed by atoms with Crippen molar-refractivity contribution in [2.45, 2.75) is 148 Å².